The molecule has 1 aliphatic heterocycles. The summed E-state index contributed by atoms with van der Waals surface area (Å²) in [5, 5.41) is 2.90. The Morgan fingerprint density at radius 2 is 2.10 bits per heavy atom. The van der Waals surface area contributed by atoms with Crippen molar-refractivity contribution in [2.75, 3.05) is 18.0 Å². The number of rotatable bonds is 2. The molecule has 1 aromatic heterocycles. The molecule has 2 heterocycles. The molecule has 1 saturated heterocycles. The van der Waals surface area contributed by atoms with Crippen LogP contribution in [0.1, 0.15) is 32.9 Å². The zero-order valence-electron chi connectivity index (χ0n) is 12.5. The van der Waals surface area contributed by atoms with Gasteiger partial charge in [-0.2, -0.15) is 0 Å². The van der Waals surface area contributed by atoms with Crippen molar-refractivity contribution in [3.05, 3.63) is 18.1 Å². The number of ether oxygens (including phenoxy) is 1. The smallest absolute Gasteiger partial charge is 0.407 e. The molecule has 0 aliphatic carbocycles. The molecule has 20 heavy (non-hydrogen) atoms. The van der Waals surface area contributed by atoms with Gasteiger partial charge < -0.3 is 15.0 Å². The third-order valence-corrected chi connectivity index (χ3v) is 3.06. The molecule has 0 radical (unpaired) electrons. The molecular weight excluding hydrogens is 256 g/mol. The number of carbonyl (C=O) groups excluding carboxylic acids is 1. The van der Waals surface area contributed by atoms with E-state index in [1.165, 1.54) is 0 Å². The molecule has 1 N–H and O–H groups in total. The second-order valence-corrected chi connectivity index (χ2v) is 6.04. The van der Waals surface area contributed by atoms with Gasteiger partial charge in [0.05, 0.1) is 11.7 Å². The van der Waals surface area contributed by atoms with Crippen LogP contribution in [-0.2, 0) is 4.74 Å². The number of hydrogen-bond donors (Lipinski definition) is 1. The van der Waals surface area contributed by atoms with E-state index < -0.39 is 5.60 Å². The molecule has 0 spiro atoms. The van der Waals surface area contributed by atoms with Crippen LogP contribution in [0.4, 0.5) is 10.6 Å². The topological polar surface area (TPSA) is 67.4 Å². The van der Waals surface area contributed by atoms with Gasteiger partial charge in [-0.05, 0) is 34.1 Å². The number of carbonyl (C=O) groups is 1. The van der Waals surface area contributed by atoms with Gasteiger partial charge in [0.1, 0.15) is 11.4 Å². The van der Waals surface area contributed by atoms with Crippen LogP contribution in [0, 0.1) is 6.92 Å². The van der Waals surface area contributed by atoms with Crippen molar-refractivity contribution in [3.8, 4) is 0 Å². The summed E-state index contributed by atoms with van der Waals surface area (Å²) < 4.78 is 5.27. The van der Waals surface area contributed by atoms with Crippen molar-refractivity contribution in [3.63, 3.8) is 0 Å². The second-order valence-electron chi connectivity index (χ2n) is 6.04. The van der Waals surface area contributed by atoms with Gasteiger partial charge in [0.15, 0.2) is 0 Å². The van der Waals surface area contributed by atoms with E-state index in [0.717, 1.165) is 31.0 Å². The van der Waals surface area contributed by atoms with Crippen molar-refractivity contribution in [2.45, 2.75) is 45.8 Å². The lowest BCUT2D eigenvalue weighted by Gasteiger charge is -2.22. The third kappa shape index (κ3) is 3.82. The average Bonchev–Trinajstić information content (AvgIpc) is 2.75. The first-order valence-electron chi connectivity index (χ1n) is 6.87. The van der Waals surface area contributed by atoms with Crippen LogP contribution in [0.2, 0.25) is 0 Å². The quantitative estimate of drug-likeness (QED) is 0.894. The van der Waals surface area contributed by atoms with Gasteiger partial charge in [-0.1, -0.05) is 0 Å². The fraction of sp³-hybridized carbons (Fsp3) is 0.643. The van der Waals surface area contributed by atoms with E-state index in [4.69, 9.17) is 4.74 Å². The normalized spacial score (nSPS) is 19.0. The van der Waals surface area contributed by atoms with Crippen LogP contribution >= 0.6 is 0 Å². The molecule has 1 fully saturated rings. The molecule has 1 aliphatic rings. The summed E-state index contributed by atoms with van der Waals surface area (Å²) in [6.45, 7) is 9.11. The average molecular weight is 278 g/mol. The Hall–Kier alpha value is -1.85. The van der Waals surface area contributed by atoms with E-state index >= 15 is 0 Å². The highest BCUT2D eigenvalue weighted by molar-refractivity contribution is 5.68. The number of aromatic nitrogens is 2. The fourth-order valence-electron chi connectivity index (χ4n) is 2.26. The highest BCUT2D eigenvalue weighted by atomic mass is 16.6. The first-order chi connectivity index (χ1) is 9.35. The second kappa shape index (κ2) is 5.64. The minimum Gasteiger partial charge on any atom is -0.444 e. The van der Waals surface area contributed by atoms with E-state index in [1.807, 2.05) is 27.7 Å². The SMILES string of the molecule is Cc1nccnc1N1CCC(NC(=O)OC(C)(C)C)C1. The molecule has 6 heteroatoms. The summed E-state index contributed by atoms with van der Waals surface area (Å²) >= 11 is 0. The summed E-state index contributed by atoms with van der Waals surface area (Å²) in [5.74, 6) is 0.890. The van der Waals surface area contributed by atoms with Gasteiger partial charge >= 0.3 is 6.09 Å². The maximum Gasteiger partial charge on any atom is 0.407 e. The van der Waals surface area contributed by atoms with Crippen LogP contribution in [0.3, 0.4) is 0 Å². The Balaban J connectivity index is 1.90. The predicted octanol–water partition coefficient (Wildman–Crippen LogP) is 1.89. The highest BCUT2D eigenvalue weighted by Gasteiger charge is 2.27. The number of anilines is 1. The van der Waals surface area contributed by atoms with E-state index in [0.29, 0.717) is 0 Å². The number of amides is 1. The predicted molar refractivity (Wildman–Crippen MR) is 76.8 cm³/mol. The molecule has 1 unspecified atom stereocenters. The Labute approximate surface area is 119 Å². The van der Waals surface area contributed by atoms with Crippen LogP contribution in [0.15, 0.2) is 12.4 Å². The lowest BCUT2D eigenvalue weighted by atomic mass is 10.2. The fourth-order valence-corrected chi connectivity index (χ4v) is 2.26. The first kappa shape index (κ1) is 14.6. The minimum atomic E-state index is -0.468. The third-order valence-electron chi connectivity index (χ3n) is 3.06. The standard InChI is InChI=1S/C14H22N4O2/c1-10-12(16-7-6-15-10)18-8-5-11(9-18)17-13(19)20-14(2,3)4/h6-7,11H,5,8-9H2,1-4H3,(H,17,19). The van der Waals surface area contributed by atoms with E-state index in [-0.39, 0.29) is 12.1 Å². The Morgan fingerprint density at radius 1 is 1.40 bits per heavy atom. The van der Waals surface area contributed by atoms with Crippen molar-refractivity contribution in [1.29, 1.82) is 0 Å². The van der Waals surface area contributed by atoms with E-state index in [9.17, 15) is 4.79 Å². The Kier molecular flexibility index (Phi) is 4.11. The van der Waals surface area contributed by atoms with E-state index in [2.05, 4.69) is 20.2 Å². The minimum absolute atomic E-state index is 0.0891. The lowest BCUT2D eigenvalue weighted by Crippen LogP contribution is -2.40. The number of nitrogens with one attached hydrogen (secondary N) is 1. The molecule has 0 saturated carbocycles. The lowest BCUT2D eigenvalue weighted by molar-refractivity contribution is 0.0509. The van der Waals surface area contributed by atoms with Crippen molar-refractivity contribution in [2.24, 2.45) is 0 Å². The maximum absolute atomic E-state index is 11.7. The maximum atomic E-state index is 11.7. The molecule has 1 amide bonds. The number of alkyl carbamates (subject to hydrolysis) is 1. The van der Waals surface area contributed by atoms with Crippen LogP contribution in [-0.4, -0.2) is 40.8 Å². The summed E-state index contributed by atoms with van der Waals surface area (Å²) in [5.41, 5.74) is 0.439. The van der Waals surface area contributed by atoms with Crippen molar-refractivity contribution in [1.82, 2.24) is 15.3 Å². The Bertz CT molecular complexity index is 484. The van der Waals surface area contributed by atoms with E-state index in [1.54, 1.807) is 12.4 Å². The first-order valence-corrected chi connectivity index (χ1v) is 6.87. The van der Waals surface area contributed by atoms with Crippen LogP contribution in [0.25, 0.3) is 0 Å². The molecule has 110 valence electrons. The highest BCUT2D eigenvalue weighted by Crippen LogP contribution is 2.20. The van der Waals surface area contributed by atoms with Gasteiger partial charge in [-0.3, -0.25) is 4.98 Å². The van der Waals surface area contributed by atoms with Crippen molar-refractivity contribution < 1.29 is 9.53 Å². The van der Waals surface area contributed by atoms with Gasteiger partial charge in [0.2, 0.25) is 0 Å². The molecule has 2 rings (SSSR count). The number of nitrogens with zero attached hydrogens (tertiary/aromatic N) is 3. The molecule has 1 atom stereocenters. The van der Waals surface area contributed by atoms with Crippen LogP contribution in [0.5, 0.6) is 0 Å². The number of hydrogen-bond acceptors (Lipinski definition) is 5. The molecular formula is C14H22N4O2. The molecule has 0 aromatic carbocycles. The molecule has 0 bridgehead atoms. The summed E-state index contributed by atoms with van der Waals surface area (Å²) in [4.78, 5) is 22.5. The largest absolute Gasteiger partial charge is 0.444 e. The summed E-state index contributed by atoms with van der Waals surface area (Å²) in [6, 6.07) is 0.0891. The molecule has 1 aromatic rings. The molecule has 6 nitrogen and oxygen atoms in total. The van der Waals surface area contributed by atoms with Crippen LogP contribution < -0.4 is 10.2 Å². The number of aryl methyl sites for hydroxylation is 1. The zero-order valence-corrected chi connectivity index (χ0v) is 12.5. The monoisotopic (exact) mass is 278 g/mol. The summed E-state index contributed by atoms with van der Waals surface area (Å²) in [6.07, 6.45) is 3.90. The van der Waals surface area contributed by atoms with Gasteiger partial charge in [0, 0.05) is 25.5 Å². The van der Waals surface area contributed by atoms with Gasteiger partial charge in [-0.25, -0.2) is 9.78 Å². The van der Waals surface area contributed by atoms with Gasteiger partial charge in [-0.15, -0.1) is 0 Å². The zero-order chi connectivity index (χ0) is 14.8. The summed E-state index contributed by atoms with van der Waals surface area (Å²) in [7, 11) is 0. The Morgan fingerprint density at radius 3 is 2.75 bits per heavy atom. The van der Waals surface area contributed by atoms with Gasteiger partial charge in [0.25, 0.3) is 0 Å². The van der Waals surface area contributed by atoms with Crippen molar-refractivity contribution >= 4 is 11.9 Å².